The summed E-state index contributed by atoms with van der Waals surface area (Å²) in [5.74, 6) is 2.13. The van der Waals surface area contributed by atoms with Crippen molar-refractivity contribution < 1.29 is 25.8 Å². The monoisotopic (exact) mass is 1130 g/mol. The number of hydrogen-bond donors (Lipinski definition) is 0. The Balaban J connectivity index is 0.00000693. The fourth-order valence-electron chi connectivity index (χ4n) is 9.97. The second-order valence-electron chi connectivity index (χ2n) is 24.9. The average molecular weight is 1130 g/mol. The molecule has 0 radical (unpaired) electrons. The summed E-state index contributed by atoms with van der Waals surface area (Å²) in [6.07, 6.45) is 4.21. The number of fused-ring (bicyclic) bond motifs is 3. The van der Waals surface area contributed by atoms with Gasteiger partial charge in [-0.1, -0.05) is 207 Å². The van der Waals surface area contributed by atoms with E-state index in [1.165, 1.54) is 44.5 Å². The second-order valence-corrected chi connectivity index (χ2v) is 24.9. The molecule has 5 nitrogen and oxygen atoms in total. The summed E-state index contributed by atoms with van der Waals surface area (Å²) in [4.78, 5) is 9.62. The molecule has 0 fully saturated rings. The van der Waals surface area contributed by atoms with E-state index >= 15 is 0 Å². The fraction of sp³-hybridized carbons (Fsp3) is 0.333. The summed E-state index contributed by atoms with van der Waals surface area (Å²) < 4.78 is 9.36. The Kier molecular flexibility index (Phi) is 13.7. The van der Waals surface area contributed by atoms with Crippen LogP contribution < -0.4 is 14.5 Å². The Labute approximate surface area is 445 Å². The maximum absolute atomic E-state index is 7.10. The van der Waals surface area contributed by atoms with Crippen molar-refractivity contribution in [2.75, 3.05) is 9.80 Å². The normalized spacial score (nSPS) is 14.0. The number of benzene rings is 6. The molecule has 376 valence electrons. The zero-order valence-electron chi connectivity index (χ0n) is 45.4. The molecule has 9 rings (SSSR count). The van der Waals surface area contributed by atoms with Crippen LogP contribution in [0.3, 0.4) is 0 Å². The SMILES string of the molecule is CC(C)(C)C1=CN(c2[c-]c(Oc3[c-]c4c(c(C(C)(C)C)c3)c3ccccc3n4-c3cc(C(C)(C)C)ccn3)cc(C(C)(C)C)c2)[CH-]N1c1cc(C(C)(C)c2ccccc2)cc(C(C)(C)c2ccccc2)c1.[Pt]. The van der Waals surface area contributed by atoms with Crippen molar-refractivity contribution in [2.45, 2.75) is 138 Å². The van der Waals surface area contributed by atoms with Gasteiger partial charge in [-0.15, -0.1) is 53.8 Å². The maximum Gasteiger partial charge on any atom is 0.135 e. The quantitative estimate of drug-likeness (QED) is 0.135. The van der Waals surface area contributed by atoms with Gasteiger partial charge in [-0.2, -0.15) is 0 Å². The Morgan fingerprint density at radius 2 is 1.06 bits per heavy atom. The number of hydrogen-bond acceptors (Lipinski definition) is 4. The Morgan fingerprint density at radius 1 is 0.500 bits per heavy atom. The molecule has 8 aromatic rings. The predicted octanol–water partition coefficient (Wildman–Crippen LogP) is 17.4. The first-order valence-electron chi connectivity index (χ1n) is 25.4. The zero-order valence-corrected chi connectivity index (χ0v) is 47.7. The van der Waals surface area contributed by atoms with E-state index in [0.29, 0.717) is 11.5 Å². The molecule has 0 saturated carbocycles. The molecule has 0 spiro atoms. The number of allylic oxidation sites excluding steroid dienone is 1. The van der Waals surface area contributed by atoms with E-state index in [1.54, 1.807) is 0 Å². The van der Waals surface area contributed by atoms with Gasteiger partial charge in [-0.05, 0) is 86.0 Å². The second kappa shape index (κ2) is 18.9. The van der Waals surface area contributed by atoms with Gasteiger partial charge in [0.05, 0.1) is 0 Å². The van der Waals surface area contributed by atoms with E-state index in [2.05, 4.69) is 284 Å². The Bertz CT molecular complexity index is 3230. The number of anilines is 2. The minimum Gasteiger partial charge on any atom is -0.509 e. The largest absolute Gasteiger partial charge is 0.509 e. The van der Waals surface area contributed by atoms with Gasteiger partial charge < -0.3 is 19.1 Å². The molecule has 0 unspecified atom stereocenters. The van der Waals surface area contributed by atoms with Gasteiger partial charge in [-0.3, -0.25) is 0 Å². The van der Waals surface area contributed by atoms with Gasteiger partial charge in [0.25, 0.3) is 0 Å². The zero-order chi connectivity index (χ0) is 51.1. The van der Waals surface area contributed by atoms with Crippen LogP contribution in [0.4, 0.5) is 11.4 Å². The number of nitrogens with zero attached hydrogens (tertiary/aromatic N) is 4. The van der Waals surface area contributed by atoms with Crippen molar-refractivity contribution in [1.82, 2.24) is 9.55 Å². The van der Waals surface area contributed by atoms with Crippen molar-refractivity contribution in [3.8, 4) is 17.3 Å². The summed E-state index contributed by atoms with van der Waals surface area (Å²) >= 11 is 0. The van der Waals surface area contributed by atoms with Gasteiger partial charge >= 0.3 is 0 Å². The molecular formula is C66H73N4OPt-3. The van der Waals surface area contributed by atoms with E-state index in [4.69, 9.17) is 9.72 Å². The number of para-hydroxylation sites is 1. The van der Waals surface area contributed by atoms with Gasteiger partial charge in [0, 0.05) is 71.9 Å². The van der Waals surface area contributed by atoms with E-state index in [1.807, 2.05) is 6.20 Å². The molecule has 0 amide bonds. The minimum absolute atomic E-state index is 0. The van der Waals surface area contributed by atoms with E-state index in [-0.39, 0.29) is 53.6 Å². The average Bonchev–Trinajstić information content (AvgIpc) is 3.92. The molecule has 0 saturated heterocycles. The Hall–Kier alpha value is -5.90. The van der Waals surface area contributed by atoms with Crippen LogP contribution in [0.25, 0.3) is 27.6 Å². The predicted molar refractivity (Wildman–Crippen MR) is 299 cm³/mol. The third-order valence-corrected chi connectivity index (χ3v) is 14.7. The first-order chi connectivity index (χ1) is 33.2. The van der Waals surface area contributed by atoms with Crippen LogP contribution in [0.5, 0.6) is 11.5 Å². The van der Waals surface area contributed by atoms with Crippen LogP contribution in [-0.4, -0.2) is 9.55 Å². The molecule has 0 atom stereocenters. The van der Waals surface area contributed by atoms with E-state index < -0.39 is 0 Å². The van der Waals surface area contributed by atoms with Gasteiger partial charge in [0.2, 0.25) is 0 Å². The molecule has 0 N–H and O–H groups in total. The van der Waals surface area contributed by atoms with Crippen molar-refractivity contribution in [3.05, 3.63) is 209 Å². The summed E-state index contributed by atoms with van der Waals surface area (Å²) in [6.45, 7) is 38.9. The number of rotatable bonds is 9. The molecular weight excluding hydrogens is 1060 g/mol. The molecule has 6 heteroatoms. The van der Waals surface area contributed by atoms with Gasteiger partial charge in [0.1, 0.15) is 5.82 Å². The van der Waals surface area contributed by atoms with Crippen LogP contribution in [-0.2, 0) is 48.1 Å². The summed E-state index contributed by atoms with van der Waals surface area (Å²) in [7, 11) is 0. The molecule has 1 aliphatic rings. The summed E-state index contributed by atoms with van der Waals surface area (Å²) in [5, 5.41) is 2.33. The smallest absolute Gasteiger partial charge is 0.135 e. The number of pyridine rings is 1. The van der Waals surface area contributed by atoms with Crippen LogP contribution in [0, 0.1) is 24.2 Å². The molecule has 1 aliphatic heterocycles. The third-order valence-electron chi connectivity index (χ3n) is 14.7. The molecule has 6 aromatic carbocycles. The molecule has 0 bridgehead atoms. The standard InChI is InChI=1S/C66H73N4O.Pt/c1-61(2,3)46-31-32-67-59(38-46)70-56-30-24-23-29-54(56)60-55(63(7,8)9)40-53(41-57(60)70)71-52-37-47(62(4,5)6)34-50(39-52)68-42-58(64(10,11)12)69(43-68)51-35-48(65(13,14)44-25-19-17-20-26-44)33-49(36-51)66(15,16)45-27-21-18-22-28-45;/h17-38,40,42-43H,1-16H3;/q-3;. The van der Waals surface area contributed by atoms with Crippen molar-refractivity contribution in [1.29, 1.82) is 0 Å². The van der Waals surface area contributed by atoms with Crippen LogP contribution in [0.15, 0.2) is 152 Å². The minimum atomic E-state index is -0.265. The molecule has 3 heterocycles. The molecule has 0 aliphatic carbocycles. The van der Waals surface area contributed by atoms with Crippen molar-refractivity contribution >= 4 is 33.2 Å². The summed E-state index contributed by atoms with van der Waals surface area (Å²) in [6, 6.07) is 56.2. The van der Waals surface area contributed by atoms with Gasteiger partial charge in [-0.25, -0.2) is 4.98 Å². The first-order valence-corrected chi connectivity index (χ1v) is 25.4. The van der Waals surface area contributed by atoms with Gasteiger partial charge in [0.15, 0.2) is 0 Å². The molecule has 72 heavy (non-hydrogen) atoms. The van der Waals surface area contributed by atoms with Crippen molar-refractivity contribution in [2.24, 2.45) is 5.41 Å². The fourth-order valence-corrected chi connectivity index (χ4v) is 9.97. The topological polar surface area (TPSA) is 33.5 Å². The van der Waals surface area contributed by atoms with Crippen LogP contribution >= 0.6 is 0 Å². The van der Waals surface area contributed by atoms with Crippen LogP contribution in [0.2, 0.25) is 0 Å². The van der Waals surface area contributed by atoms with Crippen molar-refractivity contribution in [3.63, 3.8) is 0 Å². The Morgan fingerprint density at radius 3 is 1.61 bits per heavy atom. The van der Waals surface area contributed by atoms with Crippen LogP contribution in [0.1, 0.15) is 150 Å². The number of ether oxygens (including phenoxy) is 1. The molecule has 2 aromatic heterocycles. The first kappa shape index (κ1) is 52.4. The maximum atomic E-state index is 7.10. The summed E-state index contributed by atoms with van der Waals surface area (Å²) in [5.41, 5.74) is 12.7. The van der Waals surface area contributed by atoms with E-state index in [0.717, 1.165) is 39.2 Å². The van der Waals surface area contributed by atoms with E-state index in [9.17, 15) is 0 Å². The third kappa shape index (κ3) is 10.1. The number of aromatic nitrogens is 2.